The molecule has 0 unspecified atom stereocenters. The minimum Gasteiger partial charge on any atom is -0.478 e. The van der Waals surface area contributed by atoms with E-state index in [1.807, 2.05) is 0 Å². The van der Waals surface area contributed by atoms with Gasteiger partial charge in [-0.05, 0) is 15.9 Å². The number of aromatic nitrogens is 1. The molecule has 1 aromatic rings. The average Bonchev–Trinajstić information content (AvgIpc) is 2.03. The molecule has 0 amide bonds. The second-order valence-corrected chi connectivity index (χ2v) is 2.96. The van der Waals surface area contributed by atoms with Gasteiger partial charge >= 0.3 is 6.61 Å². The summed E-state index contributed by atoms with van der Waals surface area (Å²) in [6, 6.07) is 1.36. The number of alkyl halides is 2. The molecular weight excluding hydrogens is 248 g/mol. The first kappa shape index (κ1) is 10.2. The molecule has 3 nitrogen and oxygen atoms in total. The highest BCUT2D eigenvalue weighted by Crippen LogP contribution is 2.28. The van der Waals surface area contributed by atoms with Crippen LogP contribution in [0.15, 0.2) is 16.7 Å². The van der Waals surface area contributed by atoms with Crippen LogP contribution in [0.3, 0.4) is 0 Å². The monoisotopic (exact) mass is 253 g/mol. The number of hydrogen-bond acceptors (Lipinski definition) is 3. The van der Waals surface area contributed by atoms with Crippen LogP contribution in [0, 0.1) is 0 Å². The number of halogens is 3. The van der Waals surface area contributed by atoms with Crippen LogP contribution in [-0.2, 0) is 0 Å². The molecule has 0 aliphatic carbocycles. The normalized spacial score (nSPS) is 10.2. The highest BCUT2D eigenvalue weighted by atomic mass is 79.9. The zero-order valence-corrected chi connectivity index (χ0v) is 8.22. The maximum atomic E-state index is 11.8. The van der Waals surface area contributed by atoms with E-state index in [9.17, 15) is 8.78 Å². The summed E-state index contributed by atoms with van der Waals surface area (Å²) in [6.07, 6.45) is 1.43. The van der Waals surface area contributed by atoms with Crippen molar-refractivity contribution in [1.29, 1.82) is 0 Å². The van der Waals surface area contributed by atoms with Gasteiger partial charge in [0.15, 0.2) is 5.75 Å². The smallest absolute Gasteiger partial charge is 0.387 e. The summed E-state index contributed by atoms with van der Waals surface area (Å²) in [6.45, 7) is -2.88. The van der Waals surface area contributed by atoms with Crippen LogP contribution in [0.4, 0.5) is 8.78 Å². The maximum Gasteiger partial charge on any atom is 0.387 e. The first-order valence-electron chi connectivity index (χ1n) is 3.28. The molecule has 0 spiro atoms. The summed E-state index contributed by atoms with van der Waals surface area (Å²) < 4.78 is 33.1. The summed E-state index contributed by atoms with van der Waals surface area (Å²) in [5.41, 5.74) is 0. The SMILES string of the molecule is COc1ncc(Br)cc1OC(F)F. The van der Waals surface area contributed by atoms with Gasteiger partial charge in [-0.3, -0.25) is 0 Å². The van der Waals surface area contributed by atoms with E-state index < -0.39 is 6.61 Å². The summed E-state index contributed by atoms with van der Waals surface area (Å²) in [5, 5.41) is 0. The number of hydrogen-bond donors (Lipinski definition) is 0. The molecule has 0 aliphatic rings. The van der Waals surface area contributed by atoms with Gasteiger partial charge in [0.1, 0.15) is 0 Å². The molecule has 1 heterocycles. The Hall–Kier alpha value is -0.910. The molecule has 0 N–H and O–H groups in total. The van der Waals surface area contributed by atoms with E-state index in [0.717, 1.165) is 0 Å². The third-order valence-corrected chi connectivity index (χ3v) is 1.63. The quantitative estimate of drug-likeness (QED) is 0.830. The Morgan fingerprint density at radius 3 is 2.77 bits per heavy atom. The lowest BCUT2D eigenvalue weighted by molar-refractivity contribution is -0.0516. The van der Waals surface area contributed by atoms with Gasteiger partial charge in [0.05, 0.1) is 7.11 Å². The van der Waals surface area contributed by atoms with Gasteiger partial charge in [-0.1, -0.05) is 0 Å². The Kier molecular flexibility index (Phi) is 3.41. The van der Waals surface area contributed by atoms with E-state index in [1.54, 1.807) is 0 Å². The number of pyridine rings is 1. The van der Waals surface area contributed by atoms with E-state index in [1.165, 1.54) is 19.4 Å². The fraction of sp³-hybridized carbons (Fsp3) is 0.286. The lowest BCUT2D eigenvalue weighted by Gasteiger charge is -2.08. The zero-order chi connectivity index (χ0) is 9.84. The molecule has 0 fully saturated rings. The molecule has 72 valence electrons. The third-order valence-electron chi connectivity index (χ3n) is 1.19. The second kappa shape index (κ2) is 4.36. The third kappa shape index (κ3) is 2.80. The highest BCUT2D eigenvalue weighted by molar-refractivity contribution is 9.10. The second-order valence-electron chi connectivity index (χ2n) is 2.04. The largest absolute Gasteiger partial charge is 0.478 e. The molecule has 0 bridgehead atoms. The molecule has 13 heavy (non-hydrogen) atoms. The van der Waals surface area contributed by atoms with Crippen LogP contribution in [0.1, 0.15) is 0 Å². The standard InChI is InChI=1S/C7H6BrF2NO2/c1-12-6-5(13-7(9)10)2-4(8)3-11-6/h2-3,7H,1H3. The summed E-state index contributed by atoms with van der Waals surface area (Å²) in [4.78, 5) is 3.72. The van der Waals surface area contributed by atoms with Gasteiger partial charge in [-0.25, -0.2) is 4.98 Å². The molecule has 6 heteroatoms. The Bertz CT molecular complexity index is 296. The van der Waals surface area contributed by atoms with E-state index in [2.05, 4.69) is 25.7 Å². The van der Waals surface area contributed by atoms with Crippen molar-refractivity contribution in [3.8, 4) is 11.6 Å². The van der Waals surface area contributed by atoms with Crippen molar-refractivity contribution >= 4 is 15.9 Å². The fourth-order valence-corrected chi connectivity index (χ4v) is 1.05. The highest BCUT2D eigenvalue weighted by Gasteiger charge is 2.11. The van der Waals surface area contributed by atoms with Gasteiger partial charge in [-0.2, -0.15) is 8.78 Å². The molecular formula is C7H6BrF2NO2. The zero-order valence-electron chi connectivity index (χ0n) is 6.63. The first-order chi connectivity index (χ1) is 6.13. The van der Waals surface area contributed by atoms with Crippen molar-refractivity contribution in [3.63, 3.8) is 0 Å². The van der Waals surface area contributed by atoms with Crippen LogP contribution in [-0.4, -0.2) is 18.7 Å². The van der Waals surface area contributed by atoms with Crippen molar-refractivity contribution in [1.82, 2.24) is 4.98 Å². The number of nitrogens with zero attached hydrogens (tertiary/aromatic N) is 1. The Balaban J connectivity index is 2.94. The number of methoxy groups -OCH3 is 1. The van der Waals surface area contributed by atoms with E-state index >= 15 is 0 Å². The molecule has 0 atom stereocenters. The van der Waals surface area contributed by atoms with E-state index in [-0.39, 0.29) is 11.6 Å². The minimum absolute atomic E-state index is 0.0310. The van der Waals surface area contributed by atoms with Crippen LogP contribution < -0.4 is 9.47 Å². The van der Waals surface area contributed by atoms with Gasteiger partial charge in [0.25, 0.3) is 5.88 Å². The number of rotatable bonds is 3. The molecule has 0 aromatic carbocycles. The molecule has 1 aromatic heterocycles. The van der Waals surface area contributed by atoms with Gasteiger partial charge in [0, 0.05) is 16.7 Å². The predicted octanol–water partition coefficient (Wildman–Crippen LogP) is 2.45. The van der Waals surface area contributed by atoms with Gasteiger partial charge in [0.2, 0.25) is 0 Å². The Morgan fingerprint density at radius 2 is 2.23 bits per heavy atom. The van der Waals surface area contributed by atoms with Crippen molar-refractivity contribution in [3.05, 3.63) is 16.7 Å². The van der Waals surface area contributed by atoms with Crippen molar-refractivity contribution in [2.24, 2.45) is 0 Å². The molecule has 0 saturated heterocycles. The maximum absolute atomic E-state index is 11.8. The summed E-state index contributed by atoms with van der Waals surface area (Å²) in [7, 11) is 1.33. The van der Waals surface area contributed by atoms with Gasteiger partial charge in [-0.15, -0.1) is 0 Å². The minimum atomic E-state index is -2.88. The van der Waals surface area contributed by atoms with Crippen LogP contribution >= 0.6 is 15.9 Å². The van der Waals surface area contributed by atoms with Crippen molar-refractivity contribution < 1.29 is 18.3 Å². The van der Waals surface area contributed by atoms with E-state index in [0.29, 0.717) is 4.47 Å². The van der Waals surface area contributed by atoms with Crippen LogP contribution in [0.2, 0.25) is 0 Å². The molecule has 1 rings (SSSR count). The first-order valence-corrected chi connectivity index (χ1v) is 4.07. The van der Waals surface area contributed by atoms with E-state index in [4.69, 9.17) is 4.74 Å². The number of ether oxygens (including phenoxy) is 2. The lowest BCUT2D eigenvalue weighted by atomic mass is 10.4. The molecule has 0 radical (unpaired) electrons. The Labute approximate surface area is 81.8 Å². The van der Waals surface area contributed by atoms with Crippen molar-refractivity contribution in [2.45, 2.75) is 6.61 Å². The molecule has 0 aliphatic heterocycles. The van der Waals surface area contributed by atoms with Crippen LogP contribution in [0.25, 0.3) is 0 Å². The summed E-state index contributed by atoms with van der Waals surface area (Å²) in [5.74, 6) is -0.0598. The predicted molar refractivity (Wildman–Crippen MR) is 45.1 cm³/mol. The summed E-state index contributed by atoms with van der Waals surface area (Å²) >= 11 is 3.07. The molecule has 0 saturated carbocycles. The Morgan fingerprint density at radius 1 is 1.54 bits per heavy atom. The topological polar surface area (TPSA) is 31.4 Å². The fourth-order valence-electron chi connectivity index (χ4n) is 0.742. The van der Waals surface area contributed by atoms with Crippen LogP contribution in [0.5, 0.6) is 11.6 Å². The van der Waals surface area contributed by atoms with Crippen molar-refractivity contribution in [2.75, 3.05) is 7.11 Å². The van der Waals surface area contributed by atoms with Gasteiger partial charge < -0.3 is 9.47 Å². The average molecular weight is 254 g/mol. The lowest BCUT2D eigenvalue weighted by Crippen LogP contribution is -2.04.